The van der Waals surface area contributed by atoms with Gasteiger partial charge in [-0.25, -0.2) is 0 Å². The summed E-state index contributed by atoms with van der Waals surface area (Å²) >= 11 is 0. The number of phenolic OH excluding ortho intramolecular Hbond substituents is 1. The van der Waals surface area contributed by atoms with Crippen molar-refractivity contribution < 1.29 is 9.84 Å². The van der Waals surface area contributed by atoms with Crippen molar-refractivity contribution in [3.8, 4) is 11.5 Å². The van der Waals surface area contributed by atoms with Gasteiger partial charge >= 0.3 is 0 Å². The van der Waals surface area contributed by atoms with E-state index in [9.17, 15) is 5.11 Å². The van der Waals surface area contributed by atoms with Crippen LogP contribution in [0.1, 0.15) is 53.4 Å². The van der Waals surface area contributed by atoms with E-state index in [1.807, 2.05) is 6.07 Å². The van der Waals surface area contributed by atoms with Crippen molar-refractivity contribution >= 4 is 5.69 Å². The number of anilines is 1. The standard InChI is InChI=1S/C27H29NO2/c1-19-6-5-7-21(16-19)25-18-30-26-17-23(29)12-13-24(26)27(25)20-8-10-22(11-9-20)28-14-3-2-4-15-28/h5-13,16-17,25,27,29H,2-4,14-15,18H2,1H3. The molecule has 0 radical (unpaired) electrons. The van der Waals surface area contributed by atoms with Gasteiger partial charge < -0.3 is 14.7 Å². The van der Waals surface area contributed by atoms with Gasteiger partial charge in [0.2, 0.25) is 0 Å². The van der Waals surface area contributed by atoms with Crippen molar-refractivity contribution in [2.45, 2.75) is 38.0 Å². The van der Waals surface area contributed by atoms with Crippen LogP contribution in [0.4, 0.5) is 5.69 Å². The second-order valence-corrected chi connectivity index (χ2v) is 8.67. The minimum Gasteiger partial charge on any atom is -0.508 e. The van der Waals surface area contributed by atoms with Crippen LogP contribution in [-0.4, -0.2) is 24.8 Å². The molecule has 2 atom stereocenters. The van der Waals surface area contributed by atoms with Gasteiger partial charge in [0.1, 0.15) is 11.5 Å². The molecule has 2 aliphatic heterocycles. The first-order chi connectivity index (χ1) is 14.7. The zero-order valence-electron chi connectivity index (χ0n) is 17.6. The number of hydrogen-bond acceptors (Lipinski definition) is 3. The van der Waals surface area contributed by atoms with Gasteiger partial charge in [-0.1, -0.05) is 48.0 Å². The third-order valence-corrected chi connectivity index (χ3v) is 6.60. The molecule has 0 aliphatic carbocycles. The Morgan fingerprint density at radius 1 is 0.867 bits per heavy atom. The molecule has 3 nitrogen and oxygen atoms in total. The number of aryl methyl sites for hydroxylation is 1. The molecule has 0 spiro atoms. The van der Waals surface area contributed by atoms with Gasteiger partial charge in [-0.3, -0.25) is 0 Å². The number of rotatable bonds is 3. The predicted molar refractivity (Wildman–Crippen MR) is 122 cm³/mol. The lowest BCUT2D eigenvalue weighted by atomic mass is 9.75. The van der Waals surface area contributed by atoms with Gasteiger partial charge in [0, 0.05) is 42.2 Å². The van der Waals surface area contributed by atoms with Crippen molar-refractivity contribution in [3.05, 3.63) is 89.0 Å². The number of nitrogens with zero attached hydrogens (tertiary/aromatic N) is 1. The topological polar surface area (TPSA) is 32.7 Å². The van der Waals surface area contributed by atoms with E-state index in [1.54, 1.807) is 12.1 Å². The Kier molecular flexibility index (Phi) is 5.12. The highest BCUT2D eigenvalue weighted by molar-refractivity contribution is 5.54. The summed E-state index contributed by atoms with van der Waals surface area (Å²) in [7, 11) is 0. The maximum atomic E-state index is 9.96. The minimum absolute atomic E-state index is 0.201. The van der Waals surface area contributed by atoms with Gasteiger partial charge in [0.15, 0.2) is 0 Å². The molecule has 1 N–H and O–H groups in total. The zero-order valence-corrected chi connectivity index (χ0v) is 17.6. The van der Waals surface area contributed by atoms with E-state index in [-0.39, 0.29) is 17.6 Å². The van der Waals surface area contributed by atoms with Crippen LogP contribution in [0.25, 0.3) is 0 Å². The predicted octanol–water partition coefficient (Wildman–Crippen LogP) is 6.00. The Bertz CT molecular complexity index is 1020. The smallest absolute Gasteiger partial charge is 0.126 e. The second kappa shape index (κ2) is 8.06. The number of aromatic hydroxyl groups is 1. The Labute approximate surface area is 178 Å². The molecule has 1 fully saturated rings. The summed E-state index contributed by atoms with van der Waals surface area (Å²) in [5.74, 6) is 1.49. The van der Waals surface area contributed by atoms with Crippen LogP contribution in [0.2, 0.25) is 0 Å². The Morgan fingerprint density at radius 2 is 1.67 bits per heavy atom. The van der Waals surface area contributed by atoms with Crippen molar-refractivity contribution in [3.63, 3.8) is 0 Å². The van der Waals surface area contributed by atoms with E-state index in [2.05, 4.69) is 60.4 Å². The number of fused-ring (bicyclic) bond motifs is 1. The van der Waals surface area contributed by atoms with Crippen molar-refractivity contribution in [2.24, 2.45) is 0 Å². The fourth-order valence-electron chi connectivity index (χ4n) is 5.04. The quantitative estimate of drug-likeness (QED) is 0.586. The summed E-state index contributed by atoms with van der Waals surface area (Å²) in [5, 5.41) is 9.96. The van der Waals surface area contributed by atoms with Gasteiger partial charge in [-0.15, -0.1) is 0 Å². The SMILES string of the molecule is Cc1cccc(C2COc3cc(O)ccc3C2c2ccc(N3CCCCC3)cc2)c1. The zero-order chi connectivity index (χ0) is 20.5. The molecule has 2 aliphatic rings. The first-order valence-corrected chi connectivity index (χ1v) is 11.1. The highest BCUT2D eigenvalue weighted by atomic mass is 16.5. The molecule has 0 saturated carbocycles. The van der Waals surface area contributed by atoms with E-state index in [4.69, 9.17) is 4.74 Å². The third-order valence-electron chi connectivity index (χ3n) is 6.60. The molecule has 3 heteroatoms. The molecule has 0 bridgehead atoms. The van der Waals surface area contributed by atoms with Crippen LogP contribution in [0.5, 0.6) is 11.5 Å². The highest BCUT2D eigenvalue weighted by Gasteiger charge is 2.33. The largest absolute Gasteiger partial charge is 0.508 e. The molecule has 154 valence electrons. The molecule has 3 aromatic carbocycles. The van der Waals surface area contributed by atoms with Gasteiger partial charge in [-0.2, -0.15) is 0 Å². The van der Waals surface area contributed by atoms with Crippen LogP contribution in [0.3, 0.4) is 0 Å². The molecule has 0 amide bonds. The Balaban J connectivity index is 1.54. The van der Waals surface area contributed by atoms with E-state index < -0.39 is 0 Å². The van der Waals surface area contributed by atoms with Crippen LogP contribution in [0, 0.1) is 6.92 Å². The third kappa shape index (κ3) is 3.65. The molecule has 30 heavy (non-hydrogen) atoms. The average Bonchev–Trinajstić information content (AvgIpc) is 2.79. The lowest BCUT2D eigenvalue weighted by Crippen LogP contribution is -2.29. The van der Waals surface area contributed by atoms with Crippen molar-refractivity contribution in [2.75, 3.05) is 24.6 Å². The number of hydrogen-bond donors (Lipinski definition) is 1. The highest BCUT2D eigenvalue weighted by Crippen LogP contribution is 2.47. The lowest BCUT2D eigenvalue weighted by molar-refractivity contribution is 0.247. The van der Waals surface area contributed by atoms with Gasteiger partial charge in [-0.05, 0) is 55.5 Å². The molecule has 2 heterocycles. The molecule has 1 saturated heterocycles. The minimum atomic E-state index is 0.201. The Morgan fingerprint density at radius 3 is 2.43 bits per heavy atom. The molecule has 0 aromatic heterocycles. The van der Waals surface area contributed by atoms with Crippen LogP contribution in [0.15, 0.2) is 66.7 Å². The van der Waals surface area contributed by atoms with E-state index in [0.717, 1.165) is 24.4 Å². The van der Waals surface area contributed by atoms with E-state index in [1.165, 1.54) is 41.6 Å². The molecular formula is C27H29NO2. The fourth-order valence-corrected chi connectivity index (χ4v) is 5.04. The van der Waals surface area contributed by atoms with E-state index >= 15 is 0 Å². The monoisotopic (exact) mass is 399 g/mol. The Hall–Kier alpha value is -2.94. The summed E-state index contributed by atoms with van der Waals surface area (Å²) in [6, 6.07) is 23.4. The number of phenols is 1. The first-order valence-electron chi connectivity index (χ1n) is 11.1. The number of ether oxygens (including phenoxy) is 1. The first kappa shape index (κ1) is 19.0. The molecule has 5 rings (SSSR count). The van der Waals surface area contributed by atoms with Crippen LogP contribution in [-0.2, 0) is 0 Å². The lowest BCUT2D eigenvalue weighted by Gasteiger charge is -2.35. The number of piperidine rings is 1. The van der Waals surface area contributed by atoms with Crippen LogP contribution >= 0.6 is 0 Å². The summed E-state index contributed by atoms with van der Waals surface area (Å²) in [4.78, 5) is 2.50. The van der Waals surface area contributed by atoms with Crippen molar-refractivity contribution in [1.82, 2.24) is 0 Å². The molecule has 3 aromatic rings. The maximum absolute atomic E-state index is 9.96. The van der Waals surface area contributed by atoms with Gasteiger partial charge in [0.05, 0.1) is 6.61 Å². The molecule has 2 unspecified atom stereocenters. The summed E-state index contributed by atoms with van der Waals surface area (Å²) in [6.07, 6.45) is 3.92. The second-order valence-electron chi connectivity index (χ2n) is 8.67. The van der Waals surface area contributed by atoms with Crippen molar-refractivity contribution in [1.29, 1.82) is 0 Å². The van der Waals surface area contributed by atoms with Crippen LogP contribution < -0.4 is 9.64 Å². The van der Waals surface area contributed by atoms with Gasteiger partial charge in [0.25, 0.3) is 0 Å². The summed E-state index contributed by atoms with van der Waals surface area (Å²) in [5.41, 5.74) is 6.35. The average molecular weight is 400 g/mol. The summed E-state index contributed by atoms with van der Waals surface area (Å²) in [6.45, 7) is 5.06. The fraction of sp³-hybridized carbons (Fsp3) is 0.333. The van der Waals surface area contributed by atoms with E-state index in [0.29, 0.717) is 6.61 Å². The molecular weight excluding hydrogens is 370 g/mol. The summed E-state index contributed by atoms with van der Waals surface area (Å²) < 4.78 is 6.11. The normalized spacial score (nSPS) is 21.0. The number of benzene rings is 3. The maximum Gasteiger partial charge on any atom is 0.126 e.